The zero-order chi connectivity index (χ0) is 24.5. The molecule has 180 valence electrons. The molecule has 1 heterocycles. The number of methoxy groups -OCH3 is 1. The highest BCUT2D eigenvalue weighted by molar-refractivity contribution is 6.05. The summed E-state index contributed by atoms with van der Waals surface area (Å²) >= 11 is 0. The van der Waals surface area contributed by atoms with Gasteiger partial charge in [0.2, 0.25) is 0 Å². The van der Waals surface area contributed by atoms with Crippen molar-refractivity contribution in [2.24, 2.45) is 0 Å². The van der Waals surface area contributed by atoms with Crippen LogP contribution in [0, 0.1) is 0 Å². The highest BCUT2D eigenvalue weighted by atomic mass is 19.3. The zero-order valence-corrected chi connectivity index (χ0v) is 18.8. The Morgan fingerprint density at radius 1 is 1.24 bits per heavy atom. The summed E-state index contributed by atoms with van der Waals surface area (Å²) in [4.78, 5) is 41.1. The molecule has 33 heavy (non-hydrogen) atoms. The molecule has 1 aromatic heterocycles. The zero-order valence-electron chi connectivity index (χ0n) is 18.8. The van der Waals surface area contributed by atoms with Gasteiger partial charge in [-0.25, -0.2) is 4.79 Å². The summed E-state index contributed by atoms with van der Waals surface area (Å²) in [7, 11) is 1.30. The Labute approximate surface area is 189 Å². The number of alkyl halides is 2. The molecule has 0 aliphatic rings. The van der Waals surface area contributed by atoms with E-state index in [4.69, 9.17) is 10.5 Å². The number of aromatic amines is 1. The molecule has 0 bridgehead atoms. The van der Waals surface area contributed by atoms with Crippen molar-refractivity contribution in [2.75, 3.05) is 24.3 Å². The lowest BCUT2D eigenvalue weighted by atomic mass is 10.2. The van der Waals surface area contributed by atoms with E-state index >= 15 is 0 Å². The third-order valence-corrected chi connectivity index (χ3v) is 4.75. The third kappa shape index (κ3) is 6.43. The molecule has 1 amide bonds. The first kappa shape index (κ1) is 25.6. The first-order chi connectivity index (χ1) is 15.7. The Hall–Kier alpha value is -3.63. The maximum Gasteiger partial charge on any atom is 0.387 e. The fourth-order valence-electron chi connectivity index (χ4n) is 3.17. The number of benzene rings is 1. The van der Waals surface area contributed by atoms with Crippen LogP contribution in [0.5, 0.6) is 11.5 Å². The number of amides is 1. The number of nitrogens with zero attached hydrogens (tertiary/aromatic N) is 2. The van der Waals surface area contributed by atoms with Gasteiger partial charge in [0.05, 0.1) is 7.11 Å². The number of nitrogens with two attached hydrogens (primary N) is 1. The van der Waals surface area contributed by atoms with E-state index in [2.05, 4.69) is 9.72 Å². The Kier molecular flexibility index (Phi) is 9.19. The number of unbranched alkanes of at least 4 members (excludes halogenated alkanes) is 1. The quantitative estimate of drug-likeness (QED) is 0.492. The van der Waals surface area contributed by atoms with Crippen molar-refractivity contribution in [1.29, 1.82) is 0 Å². The maximum atomic E-state index is 13.0. The summed E-state index contributed by atoms with van der Waals surface area (Å²) in [6.45, 7) is 1.27. The molecule has 9 nitrogen and oxygen atoms in total. The van der Waals surface area contributed by atoms with Crippen LogP contribution in [0.15, 0.2) is 33.9 Å². The van der Waals surface area contributed by atoms with Crippen LogP contribution < -0.4 is 31.4 Å². The number of H-pyrrole nitrogens is 1. The lowest BCUT2D eigenvalue weighted by molar-refractivity contribution is -0.114. The Balaban J connectivity index is 2.39. The molecular formula is C22H28F2N4O5. The molecule has 0 saturated heterocycles. The standard InChI is InChI=1S/C22H28F2N4O5/c1-4-6-12-28-19(25)18(20(30)26-22(28)31)27(11-5-2)17(29)10-8-14-7-9-15(33-21(23)24)16(13-14)32-3/h7-10,13,21H,4-6,11-12,25H2,1-3H3,(H,26,30,31)/b10-8+. The number of carbonyl (C=O) groups excluding carboxylic acids is 1. The Morgan fingerprint density at radius 3 is 2.58 bits per heavy atom. The fourth-order valence-corrected chi connectivity index (χ4v) is 3.17. The molecular weight excluding hydrogens is 438 g/mol. The normalized spacial score (nSPS) is 11.2. The number of aromatic nitrogens is 2. The van der Waals surface area contributed by atoms with E-state index < -0.39 is 23.8 Å². The summed E-state index contributed by atoms with van der Waals surface area (Å²) in [5.74, 6) is -0.694. The van der Waals surface area contributed by atoms with Crippen LogP contribution in [0.25, 0.3) is 6.08 Å². The van der Waals surface area contributed by atoms with Crippen molar-refractivity contribution < 1.29 is 23.0 Å². The molecule has 0 unspecified atom stereocenters. The molecule has 0 atom stereocenters. The lowest BCUT2D eigenvalue weighted by Gasteiger charge is -2.23. The SMILES string of the molecule is CCCCn1c(N)c(N(CCC)C(=O)/C=C/c2ccc(OC(F)F)c(OC)c2)c(=O)[nH]c1=O. The Bertz CT molecular complexity index is 1110. The highest BCUT2D eigenvalue weighted by Gasteiger charge is 2.22. The molecule has 0 fully saturated rings. The van der Waals surface area contributed by atoms with Crippen molar-refractivity contribution in [1.82, 2.24) is 9.55 Å². The number of nitrogens with one attached hydrogen (secondary N) is 1. The Morgan fingerprint density at radius 2 is 1.97 bits per heavy atom. The van der Waals surface area contributed by atoms with Gasteiger partial charge >= 0.3 is 12.3 Å². The van der Waals surface area contributed by atoms with E-state index in [1.807, 2.05) is 13.8 Å². The van der Waals surface area contributed by atoms with Gasteiger partial charge in [-0.3, -0.25) is 19.1 Å². The van der Waals surface area contributed by atoms with Gasteiger partial charge in [0.15, 0.2) is 17.2 Å². The summed E-state index contributed by atoms with van der Waals surface area (Å²) in [5.41, 5.74) is 5.13. The van der Waals surface area contributed by atoms with Crippen molar-refractivity contribution in [2.45, 2.75) is 46.3 Å². The van der Waals surface area contributed by atoms with Gasteiger partial charge in [0.25, 0.3) is 11.5 Å². The third-order valence-electron chi connectivity index (χ3n) is 4.75. The number of hydrogen-bond acceptors (Lipinski definition) is 6. The predicted octanol–water partition coefficient (Wildman–Crippen LogP) is 2.99. The molecule has 0 aliphatic heterocycles. The van der Waals surface area contributed by atoms with Crippen molar-refractivity contribution in [3.63, 3.8) is 0 Å². The van der Waals surface area contributed by atoms with E-state index in [1.165, 1.54) is 46.9 Å². The van der Waals surface area contributed by atoms with Gasteiger partial charge in [0, 0.05) is 19.2 Å². The van der Waals surface area contributed by atoms with Crippen LogP contribution in [-0.2, 0) is 11.3 Å². The molecule has 0 aliphatic carbocycles. The summed E-state index contributed by atoms with van der Waals surface area (Å²) < 4.78 is 35.7. The van der Waals surface area contributed by atoms with E-state index in [9.17, 15) is 23.2 Å². The minimum atomic E-state index is -3.01. The number of hydrogen-bond donors (Lipinski definition) is 2. The molecule has 2 aromatic rings. The summed E-state index contributed by atoms with van der Waals surface area (Å²) in [6.07, 6.45) is 4.67. The second-order valence-electron chi connectivity index (χ2n) is 7.11. The second-order valence-corrected chi connectivity index (χ2v) is 7.11. The maximum absolute atomic E-state index is 13.0. The largest absolute Gasteiger partial charge is 0.493 e. The topological polar surface area (TPSA) is 120 Å². The van der Waals surface area contributed by atoms with Crippen molar-refractivity contribution in [3.05, 3.63) is 50.7 Å². The number of carbonyl (C=O) groups is 1. The van der Waals surface area contributed by atoms with Crippen molar-refractivity contribution >= 4 is 23.5 Å². The van der Waals surface area contributed by atoms with Crippen LogP contribution in [-0.4, -0.2) is 35.7 Å². The number of halogens is 2. The van der Waals surface area contributed by atoms with E-state index in [0.29, 0.717) is 24.9 Å². The monoisotopic (exact) mass is 466 g/mol. The van der Waals surface area contributed by atoms with Crippen LogP contribution in [0.3, 0.4) is 0 Å². The first-order valence-electron chi connectivity index (χ1n) is 10.5. The predicted molar refractivity (Wildman–Crippen MR) is 122 cm³/mol. The number of ether oxygens (including phenoxy) is 2. The number of anilines is 2. The molecule has 0 spiro atoms. The average molecular weight is 466 g/mol. The molecule has 11 heteroatoms. The van der Waals surface area contributed by atoms with Crippen LogP contribution in [0.1, 0.15) is 38.7 Å². The molecule has 2 rings (SSSR count). The van der Waals surface area contributed by atoms with Gasteiger partial charge < -0.3 is 20.1 Å². The van der Waals surface area contributed by atoms with Crippen LogP contribution in [0.4, 0.5) is 20.3 Å². The molecule has 0 saturated carbocycles. The van der Waals surface area contributed by atoms with Gasteiger partial charge in [-0.05, 0) is 36.6 Å². The highest BCUT2D eigenvalue weighted by Crippen LogP contribution is 2.30. The smallest absolute Gasteiger partial charge is 0.387 e. The van der Waals surface area contributed by atoms with E-state index in [1.54, 1.807) is 0 Å². The molecule has 3 N–H and O–H groups in total. The van der Waals surface area contributed by atoms with Gasteiger partial charge in [-0.2, -0.15) is 8.78 Å². The van der Waals surface area contributed by atoms with Gasteiger partial charge in [-0.1, -0.05) is 26.3 Å². The second kappa shape index (κ2) is 11.8. The first-order valence-corrected chi connectivity index (χ1v) is 10.5. The average Bonchev–Trinajstić information content (AvgIpc) is 2.76. The fraction of sp³-hybridized carbons (Fsp3) is 0.409. The van der Waals surface area contributed by atoms with E-state index in [-0.39, 0.29) is 29.5 Å². The van der Waals surface area contributed by atoms with E-state index in [0.717, 1.165) is 6.42 Å². The minimum Gasteiger partial charge on any atom is -0.493 e. The number of nitrogen functional groups attached to an aromatic ring is 1. The summed E-state index contributed by atoms with van der Waals surface area (Å²) in [5, 5.41) is 0. The van der Waals surface area contributed by atoms with Gasteiger partial charge in [0.1, 0.15) is 5.82 Å². The number of rotatable bonds is 11. The van der Waals surface area contributed by atoms with Gasteiger partial charge in [-0.15, -0.1) is 0 Å². The van der Waals surface area contributed by atoms with Crippen molar-refractivity contribution in [3.8, 4) is 11.5 Å². The van der Waals surface area contributed by atoms with Crippen LogP contribution >= 0.6 is 0 Å². The van der Waals surface area contributed by atoms with Crippen LogP contribution in [0.2, 0.25) is 0 Å². The molecule has 0 radical (unpaired) electrons. The molecule has 1 aromatic carbocycles. The lowest BCUT2D eigenvalue weighted by Crippen LogP contribution is -2.41. The summed E-state index contributed by atoms with van der Waals surface area (Å²) in [6, 6.07) is 4.20. The minimum absolute atomic E-state index is 0.0685.